The number of hydrogen-bond acceptors (Lipinski definition) is 2. The molecule has 1 amide bonds. The SMILES string of the molecule is CN(Cc1cccc(F)c1)C(=O)Cc1ccc(N)cc1. The first-order chi connectivity index (χ1) is 9.54. The summed E-state index contributed by atoms with van der Waals surface area (Å²) < 4.78 is 13.1. The smallest absolute Gasteiger partial charge is 0.227 e. The Hall–Kier alpha value is -2.36. The Balaban J connectivity index is 1.96. The van der Waals surface area contributed by atoms with Crippen LogP contribution >= 0.6 is 0 Å². The number of carbonyl (C=O) groups excluding carboxylic acids is 1. The fourth-order valence-corrected chi connectivity index (χ4v) is 1.94. The van der Waals surface area contributed by atoms with Crippen molar-refractivity contribution in [2.24, 2.45) is 0 Å². The molecule has 0 atom stereocenters. The lowest BCUT2D eigenvalue weighted by Gasteiger charge is -2.17. The van der Waals surface area contributed by atoms with Crippen molar-refractivity contribution in [3.63, 3.8) is 0 Å². The van der Waals surface area contributed by atoms with E-state index in [0.29, 0.717) is 18.7 Å². The number of carbonyl (C=O) groups is 1. The second kappa shape index (κ2) is 6.19. The van der Waals surface area contributed by atoms with Gasteiger partial charge in [-0.2, -0.15) is 0 Å². The molecular weight excluding hydrogens is 255 g/mol. The van der Waals surface area contributed by atoms with Crippen LogP contribution in [-0.4, -0.2) is 17.9 Å². The van der Waals surface area contributed by atoms with Crippen LogP contribution in [0.5, 0.6) is 0 Å². The van der Waals surface area contributed by atoms with E-state index < -0.39 is 0 Å². The van der Waals surface area contributed by atoms with Crippen molar-refractivity contribution in [2.45, 2.75) is 13.0 Å². The summed E-state index contributed by atoms with van der Waals surface area (Å²) in [6.07, 6.45) is 0.312. The minimum Gasteiger partial charge on any atom is -0.399 e. The number of hydrogen-bond donors (Lipinski definition) is 1. The third-order valence-corrected chi connectivity index (χ3v) is 3.07. The minimum atomic E-state index is -0.290. The molecule has 0 spiro atoms. The average Bonchev–Trinajstić information content (AvgIpc) is 2.41. The van der Waals surface area contributed by atoms with Gasteiger partial charge >= 0.3 is 0 Å². The molecule has 0 radical (unpaired) electrons. The van der Waals surface area contributed by atoms with Gasteiger partial charge in [-0.05, 0) is 35.4 Å². The van der Waals surface area contributed by atoms with Crippen LogP contribution in [0.15, 0.2) is 48.5 Å². The Bertz CT molecular complexity index is 596. The first-order valence-corrected chi connectivity index (χ1v) is 6.37. The van der Waals surface area contributed by atoms with Crippen molar-refractivity contribution in [2.75, 3.05) is 12.8 Å². The maximum absolute atomic E-state index is 13.1. The maximum atomic E-state index is 13.1. The predicted molar refractivity (Wildman–Crippen MR) is 77.4 cm³/mol. The van der Waals surface area contributed by atoms with Crippen molar-refractivity contribution in [3.8, 4) is 0 Å². The molecule has 0 saturated heterocycles. The number of amides is 1. The van der Waals surface area contributed by atoms with Crippen molar-refractivity contribution < 1.29 is 9.18 Å². The normalized spacial score (nSPS) is 10.3. The predicted octanol–water partition coefficient (Wildman–Crippen LogP) is 2.61. The molecule has 0 heterocycles. The molecule has 2 rings (SSSR count). The molecule has 0 aliphatic carbocycles. The molecule has 0 saturated carbocycles. The summed E-state index contributed by atoms with van der Waals surface area (Å²) in [5.41, 5.74) is 7.97. The van der Waals surface area contributed by atoms with Gasteiger partial charge < -0.3 is 10.6 Å². The first-order valence-electron chi connectivity index (χ1n) is 6.37. The lowest BCUT2D eigenvalue weighted by atomic mass is 10.1. The van der Waals surface area contributed by atoms with Crippen molar-refractivity contribution in [1.82, 2.24) is 4.90 Å². The van der Waals surface area contributed by atoms with E-state index >= 15 is 0 Å². The number of benzene rings is 2. The third kappa shape index (κ3) is 3.82. The highest BCUT2D eigenvalue weighted by molar-refractivity contribution is 5.78. The molecule has 104 valence electrons. The van der Waals surface area contributed by atoms with E-state index in [2.05, 4.69) is 0 Å². The largest absolute Gasteiger partial charge is 0.399 e. The second-order valence-corrected chi connectivity index (χ2v) is 4.80. The van der Waals surface area contributed by atoms with E-state index in [4.69, 9.17) is 5.73 Å². The van der Waals surface area contributed by atoms with Crippen LogP contribution < -0.4 is 5.73 Å². The van der Waals surface area contributed by atoms with Gasteiger partial charge in [0.2, 0.25) is 5.91 Å². The van der Waals surface area contributed by atoms with Crippen LogP contribution in [0.25, 0.3) is 0 Å². The number of likely N-dealkylation sites (N-methyl/N-ethyl adjacent to an activating group) is 1. The monoisotopic (exact) mass is 272 g/mol. The fourth-order valence-electron chi connectivity index (χ4n) is 1.94. The van der Waals surface area contributed by atoms with Gasteiger partial charge in [0.15, 0.2) is 0 Å². The number of rotatable bonds is 4. The van der Waals surface area contributed by atoms with Crippen LogP contribution in [0.3, 0.4) is 0 Å². The van der Waals surface area contributed by atoms with Gasteiger partial charge in [-0.3, -0.25) is 4.79 Å². The highest BCUT2D eigenvalue weighted by Crippen LogP contribution is 2.10. The molecule has 0 aliphatic heterocycles. The quantitative estimate of drug-likeness (QED) is 0.870. The fraction of sp³-hybridized carbons (Fsp3) is 0.188. The lowest BCUT2D eigenvalue weighted by molar-refractivity contribution is -0.129. The number of halogens is 1. The Morgan fingerprint density at radius 3 is 2.50 bits per heavy atom. The molecule has 3 nitrogen and oxygen atoms in total. The standard InChI is InChI=1S/C16H17FN2O/c1-19(11-13-3-2-4-14(17)9-13)16(20)10-12-5-7-15(18)8-6-12/h2-9H,10-11,18H2,1H3. The van der Waals surface area contributed by atoms with Gasteiger partial charge in [0.25, 0.3) is 0 Å². The van der Waals surface area contributed by atoms with Crippen molar-refractivity contribution in [1.29, 1.82) is 0 Å². The Labute approximate surface area is 117 Å². The number of nitrogens with zero attached hydrogens (tertiary/aromatic N) is 1. The van der Waals surface area contributed by atoms with Crippen LogP contribution in [0.2, 0.25) is 0 Å². The molecular formula is C16H17FN2O. The Morgan fingerprint density at radius 1 is 1.15 bits per heavy atom. The molecule has 0 fully saturated rings. The summed E-state index contributed by atoms with van der Waals surface area (Å²) in [4.78, 5) is 13.7. The molecule has 2 aromatic rings. The van der Waals surface area contributed by atoms with Crippen LogP contribution in [0.4, 0.5) is 10.1 Å². The third-order valence-electron chi connectivity index (χ3n) is 3.07. The zero-order chi connectivity index (χ0) is 14.5. The van der Waals surface area contributed by atoms with E-state index in [1.165, 1.54) is 12.1 Å². The van der Waals surface area contributed by atoms with E-state index in [1.807, 2.05) is 12.1 Å². The second-order valence-electron chi connectivity index (χ2n) is 4.80. The zero-order valence-electron chi connectivity index (χ0n) is 11.3. The molecule has 2 N–H and O–H groups in total. The number of nitrogens with two attached hydrogens (primary N) is 1. The van der Waals surface area contributed by atoms with Gasteiger partial charge in [0.05, 0.1) is 6.42 Å². The summed E-state index contributed by atoms with van der Waals surface area (Å²) in [5.74, 6) is -0.305. The summed E-state index contributed by atoms with van der Waals surface area (Å²) in [6, 6.07) is 13.5. The zero-order valence-corrected chi connectivity index (χ0v) is 11.3. The summed E-state index contributed by atoms with van der Waals surface area (Å²) >= 11 is 0. The molecule has 0 aliphatic rings. The van der Waals surface area contributed by atoms with Gasteiger partial charge in [0.1, 0.15) is 5.82 Å². The topological polar surface area (TPSA) is 46.3 Å². The van der Waals surface area contributed by atoms with Gasteiger partial charge in [0, 0.05) is 19.3 Å². The molecule has 0 bridgehead atoms. The Morgan fingerprint density at radius 2 is 1.85 bits per heavy atom. The van der Waals surface area contributed by atoms with E-state index in [0.717, 1.165) is 11.1 Å². The first kappa shape index (κ1) is 14.1. The van der Waals surface area contributed by atoms with Crippen LogP contribution in [0.1, 0.15) is 11.1 Å². The van der Waals surface area contributed by atoms with Crippen molar-refractivity contribution in [3.05, 3.63) is 65.5 Å². The highest BCUT2D eigenvalue weighted by atomic mass is 19.1. The average molecular weight is 272 g/mol. The molecule has 4 heteroatoms. The maximum Gasteiger partial charge on any atom is 0.227 e. The van der Waals surface area contributed by atoms with Crippen LogP contribution in [-0.2, 0) is 17.8 Å². The summed E-state index contributed by atoms with van der Waals surface area (Å²) in [5, 5.41) is 0. The number of nitrogen functional groups attached to an aromatic ring is 1. The molecule has 2 aromatic carbocycles. The summed E-state index contributed by atoms with van der Waals surface area (Å²) in [6.45, 7) is 0.394. The van der Waals surface area contributed by atoms with E-state index in [9.17, 15) is 9.18 Å². The van der Waals surface area contributed by atoms with Gasteiger partial charge in [-0.25, -0.2) is 4.39 Å². The molecule has 0 aromatic heterocycles. The highest BCUT2D eigenvalue weighted by Gasteiger charge is 2.10. The Kier molecular flexibility index (Phi) is 4.35. The van der Waals surface area contributed by atoms with E-state index in [-0.39, 0.29) is 11.7 Å². The molecule has 0 unspecified atom stereocenters. The van der Waals surface area contributed by atoms with Gasteiger partial charge in [-0.15, -0.1) is 0 Å². The molecule has 20 heavy (non-hydrogen) atoms. The minimum absolute atomic E-state index is 0.0148. The summed E-state index contributed by atoms with van der Waals surface area (Å²) in [7, 11) is 1.71. The van der Waals surface area contributed by atoms with E-state index in [1.54, 1.807) is 36.2 Å². The number of anilines is 1. The van der Waals surface area contributed by atoms with Crippen molar-refractivity contribution >= 4 is 11.6 Å². The van der Waals surface area contributed by atoms with Crippen LogP contribution in [0, 0.1) is 5.82 Å². The van der Waals surface area contributed by atoms with Gasteiger partial charge in [-0.1, -0.05) is 24.3 Å². The lowest BCUT2D eigenvalue weighted by Crippen LogP contribution is -2.27.